The van der Waals surface area contributed by atoms with E-state index in [9.17, 15) is 4.79 Å². The van der Waals surface area contributed by atoms with Gasteiger partial charge in [-0.25, -0.2) is 4.79 Å². The summed E-state index contributed by atoms with van der Waals surface area (Å²) in [7, 11) is 1.94. The summed E-state index contributed by atoms with van der Waals surface area (Å²) in [6, 6.07) is 8.92. The molecule has 4 nitrogen and oxygen atoms in total. The van der Waals surface area contributed by atoms with E-state index in [2.05, 4.69) is 40.8 Å². The Labute approximate surface area is 143 Å². The lowest BCUT2D eigenvalue weighted by Crippen LogP contribution is -2.46. The van der Waals surface area contributed by atoms with Crippen LogP contribution in [0.5, 0.6) is 0 Å². The third-order valence-electron chi connectivity index (χ3n) is 5.83. The van der Waals surface area contributed by atoms with Crippen molar-refractivity contribution >= 4 is 16.9 Å². The van der Waals surface area contributed by atoms with E-state index in [4.69, 9.17) is 0 Å². The van der Waals surface area contributed by atoms with Gasteiger partial charge in [0.2, 0.25) is 0 Å². The van der Waals surface area contributed by atoms with Crippen molar-refractivity contribution in [1.82, 2.24) is 15.2 Å². The Kier molecular flexibility index (Phi) is 3.99. The number of carbonyl (C=O) groups is 1. The second-order valence-electron chi connectivity index (χ2n) is 7.67. The van der Waals surface area contributed by atoms with Crippen LogP contribution in [0.1, 0.15) is 50.5 Å². The quantitative estimate of drug-likeness (QED) is 0.870. The van der Waals surface area contributed by atoms with Crippen molar-refractivity contribution in [3.05, 3.63) is 36.0 Å². The minimum atomic E-state index is 0.0908. The summed E-state index contributed by atoms with van der Waals surface area (Å²) < 4.78 is 0. The van der Waals surface area contributed by atoms with Crippen LogP contribution in [0.25, 0.3) is 10.9 Å². The van der Waals surface area contributed by atoms with E-state index in [-0.39, 0.29) is 11.4 Å². The summed E-state index contributed by atoms with van der Waals surface area (Å²) in [5.74, 6) is 0. The summed E-state index contributed by atoms with van der Waals surface area (Å²) in [5, 5.41) is 4.53. The number of hydrogen-bond acceptors (Lipinski definition) is 1. The molecule has 4 rings (SSSR count). The number of likely N-dealkylation sites (N-methyl/N-ethyl adjacent to an activating group) is 1. The van der Waals surface area contributed by atoms with Gasteiger partial charge in [-0.1, -0.05) is 37.5 Å². The fraction of sp³-hybridized carbons (Fsp3) is 0.550. The van der Waals surface area contributed by atoms with Crippen molar-refractivity contribution in [3.8, 4) is 0 Å². The first kappa shape index (κ1) is 15.6. The van der Waals surface area contributed by atoms with Crippen LogP contribution in [0.3, 0.4) is 0 Å². The highest BCUT2D eigenvalue weighted by molar-refractivity contribution is 5.85. The van der Waals surface area contributed by atoms with Gasteiger partial charge in [0.25, 0.3) is 0 Å². The van der Waals surface area contributed by atoms with Crippen molar-refractivity contribution in [2.45, 2.75) is 56.4 Å². The standard InChI is InChI=1S/C20H27N3O/c1-23(19(24)22-15-7-3-2-4-8-15)14-20(11-12-20)17-13-21-18-10-6-5-9-16(17)18/h5-6,9-10,13,15,21H,2-4,7-8,11-12,14H2,1H3,(H,22,24). The smallest absolute Gasteiger partial charge is 0.317 e. The van der Waals surface area contributed by atoms with Gasteiger partial charge in [-0.15, -0.1) is 0 Å². The van der Waals surface area contributed by atoms with Crippen molar-refractivity contribution in [1.29, 1.82) is 0 Å². The van der Waals surface area contributed by atoms with Gasteiger partial charge in [0.1, 0.15) is 0 Å². The molecule has 2 amide bonds. The number of amides is 2. The van der Waals surface area contributed by atoms with Crippen molar-refractivity contribution < 1.29 is 4.79 Å². The number of aromatic amines is 1. The first-order valence-corrected chi connectivity index (χ1v) is 9.26. The maximum Gasteiger partial charge on any atom is 0.317 e. The maximum atomic E-state index is 12.6. The lowest BCUT2D eigenvalue weighted by atomic mass is 9.94. The molecule has 0 bridgehead atoms. The number of fused-ring (bicyclic) bond motifs is 1. The zero-order valence-electron chi connectivity index (χ0n) is 14.5. The number of benzene rings is 1. The van der Waals surface area contributed by atoms with Crippen molar-refractivity contribution in [2.24, 2.45) is 0 Å². The number of urea groups is 1. The van der Waals surface area contributed by atoms with E-state index < -0.39 is 0 Å². The van der Waals surface area contributed by atoms with Gasteiger partial charge >= 0.3 is 6.03 Å². The molecular weight excluding hydrogens is 298 g/mol. The third-order valence-corrected chi connectivity index (χ3v) is 5.83. The van der Waals surface area contributed by atoms with Crippen LogP contribution in [-0.4, -0.2) is 35.5 Å². The van der Waals surface area contributed by atoms with Crippen LogP contribution in [0.4, 0.5) is 4.79 Å². The Morgan fingerprint density at radius 3 is 2.75 bits per heavy atom. The van der Waals surface area contributed by atoms with E-state index in [1.807, 2.05) is 11.9 Å². The number of rotatable bonds is 4. The molecule has 2 saturated carbocycles. The van der Waals surface area contributed by atoms with Crippen LogP contribution < -0.4 is 5.32 Å². The first-order chi connectivity index (χ1) is 11.7. The number of aromatic nitrogens is 1. The van der Waals surface area contributed by atoms with E-state index >= 15 is 0 Å². The second kappa shape index (κ2) is 6.15. The van der Waals surface area contributed by atoms with Crippen LogP contribution >= 0.6 is 0 Å². The topological polar surface area (TPSA) is 48.1 Å². The molecule has 4 heteroatoms. The van der Waals surface area contributed by atoms with E-state index in [0.29, 0.717) is 6.04 Å². The molecule has 0 unspecified atom stereocenters. The van der Waals surface area contributed by atoms with Gasteiger partial charge in [-0.05, 0) is 37.3 Å². The molecule has 0 saturated heterocycles. The Hall–Kier alpha value is -1.97. The first-order valence-electron chi connectivity index (χ1n) is 9.26. The average Bonchev–Trinajstić information content (AvgIpc) is 3.24. The zero-order chi connectivity index (χ0) is 16.6. The number of H-pyrrole nitrogens is 1. The van der Waals surface area contributed by atoms with Crippen LogP contribution in [0, 0.1) is 0 Å². The lowest BCUT2D eigenvalue weighted by molar-refractivity contribution is 0.196. The molecule has 128 valence electrons. The molecule has 0 radical (unpaired) electrons. The molecule has 2 fully saturated rings. The minimum Gasteiger partial charge on any atom is -0.361 e. The molecule has 2 N–H and O–H groups in total. The van der Waals surface area contributed by atoms with Crippen LogP contribution in [-0.2, 0) is 5.41 Å². The number of nitrogens with zero attached hydrogens (tertiary/aromatic N) is 1. The van der Waals surface area contributed by atoms with Crippen molar-refractivity contribution in [3.63, 3.8) is 0 Å². The predicted molar refractivity (Wildman–Crippen MR) is 97.2 cm³/mol. The molecule has 2 aromatic rings. The molecule has 1 heterocycles. The number of para-hydroxylation sites is 1. The fourth-order valence-corrected chi connectivity index (χ4v) is 4.23. The molecule has 0 spiro atoms. The van der Waals surface area contributed by atoms with Gasteiger partial charge in [0.15, 0.2) is 0 Å². The monoisotopic (exact) mass is 325 g/mol. The second-order valence-corrected chi connectivity index (χ2v) is 7.67. The molecule has 0 aliphatic heterocycles. The summed E-state index contributed by atoms with van der Waals surface area (Å²) in [6.07, 6.45) is 10.5. The van der Waals surface area contributed by atoms with Gasteiger partial charge in [0, 0.05) is 42.1 Å². The highest BCUT2D eigenvalue weighted by Gasteiger charge is 2.47. The summed E-state index contributed by atoms with van der Waals surface area (Å²) in [4.78, 5) is 17.8. The van der Waals surface area contributed by atoms with E-state index in [0.717, 1.165) is 32.2 Å². The van der Waals surface area contributed by atoms with Crippen molar-refractivity contribution in [2.75, 3.05) is 13.6 Å². The predicted octanol–water partition coefficient (Wildman–Crippen LogP) is 4.17. The lowest BCUT2D eigenvalue weighted by Gasteiger charge is -2.28. The van der Waals surface area contributed by atoms with Crippen LogP contribution in [0.2, 0.25) is 0 Å². The average molecular weight is 325 g/mol. The van der Waals surface area contributed by atoms with E-state index in [1.165, 1.54) is 35.7 Å². The molecule has 2 aliphatic rings. The molecule has 1 aromatic carbocycles. The number of nitrogens with one attached hydrogen (secondary N) is 2. The molecule has 1 aromatic heterocycles. The minimum absolute atomic E-state index is 0.0908. The van der Waals surface area contributed by atoms with Gasteiger partial charge in [0.05, 0.1) is 0 Å². The molecular formula is C20H27N3O. The Morgan fingerprint density at radius 1 is 1.25 bits per heavy atom. The Balaban J connectivity index is 1.44. The fourth-order valence-electron chi connectivity index (χ4n) is 4.23. The van der Waals surface area contributed by atoms with Gasteiger partial charge in [-0.3, -0.25) is 0 Å². The third kappa shape index (κ3) is 2.90. The molecule has 2 aliphatic carbocycles. The van der Waals surface area contributed by atoms with Crippen LogP contribution in [0.15, 0.2) is 30.5 Å². The highest BCUT2D eigenvalue weighted by atomic mass is 16.2. The maximum absolute atomic E-state index is 12.6. The summed E-state index contributed by atoms with van der Waals surface area (Å²) in [6.45, 7) is 0.799. The molecule has 24 heavy (non-hydrogen) atoms. The summed E-state index contributed by atoms with van der Waals surface area (Å²) in [5.41, 5.74) is 2.70. The van der Waals surface area contributed by atoms with Gasteiger partial charge in [-0.2, -0.15) is 0 Å². The number of carbonyl (C=O) groups excluding carboxylic acids is 1. The largest absolute Gasteiger partial charge is 0.361 e. The Bertz CT molecular complexity index is 725. The normalized spacial score (nSPS) is 20.0. The molecule has 0 atom stereocenters. The zero-order valence-corrected chi connectivity index (χ0v) is 14.5. The van der Waals surface area contributed by atoms with Gasteiger partial charge < -0.3 is 15.2 Å². The highest BCUT2D eigenvalue weighted by Crippen LogP contribution is 2.50. The SMILES string of the molecule is CN(CC1(c2c[nH]c3ccccc23)CC1)C(=O)NC1CCCCC1. The Morgan fingerprint density at radius 2 is 2.00 bits per heavy atom. The number of hydrogen-bond donors (Lipinski definition) is 2. The summed E-state index contributed by atoms with van der Waals surface area (Å²) >= 11 is 0. The van der Waals surface area contributed by atoms with E-state index in [1.54, 1.807) is 0 Å².